The molecule has 5 nitrogen and oxygen atoms in total. The molecule has 0 aliphatic carbocycles. The number of nitrogens with zero attached hydrogens (tertiary/aromatic N) is 2. The molecule has 5 rings (SSSR count). The molecule has 0 amide bonds. The normalized spacial score (nSPS) is 28.4. The zero-order chi connectivity index (χ0) is 19.3. The van der Waals surface area contributed by atoms with Crippen LogP contribution < -0.4 is 14.4 Å². The minimum Gasteiger partial charge on any atom is -0.493 e. The SMILES string of the molecule is COc1cccc2c1OC1(CC[NH+](C)CC1)N1N=C(c3ccc(F)cc3)C[C@H]21. The van der Waals surface area contributed by atoms with Crippen molar-refractivity contribution >= 4 is 5.71 Å². The molecule has 28 heavy (non-hydrogen) atoms. The number of piperidine rings is 1. The highest BCUT2D eigenvalue weighted by molar-refractivity contribution is 6.02. The number of hydrazone groups is 1. The standard InChI is InChI=1S/C22H24FN3O2/c1-25-12-10-22(11-13-25)26-19(17-4-3-5-20(27-2)21(17)28-22)14-18(24-26)15-6-8-16(23)9-7-15/h3-9,19H,10-14H2,1-2H3/p+1/t19-/m1/s1. The number of ether oxygens (including phenoxy) is 2. The number of quaternary nitrogens is 1. The van der Waals surface area contributed by atoms with E-state index in [1.807, 2.05) is 24.3 Å². The van der Waals surface area contributed by atoms with Gasteiger partial charge in [-0.3, -0.25) is 0 Å². The van der Waals surface area contributed by atoms with Crippen LogP contribution in [0.2, 0.25) is 0 Å². The second-order valence-electron chi connectivity index (χ2n) is 8.00. The van der Waals surface area contributed by atoms with Gasteiger partial charge < -0.3 is 14.4 Å². The molecule has 1 atom stereocenters. The number of likely N-dealkylation sites (tertiary alicyclic amines) is 1. The molecule has 3 aliphatic rings. The Balaban J connectivity index is 1.60. The van der Waals surface area contributed by atoms with Crippen molar-refractivity contribution in [1.82, 2.24) is 5.01 Å². The molecule has 1 N–H and O–H groups in total. The molecule has 0 radical (unpaired) electrons. The fourth-order valence-electron chi connectivity index (χ4n) is 4.65. The molecular formula is C22H25FN3O2+. The van der Waals surface area contributed by atoms with Gasteiger partial charge in [0.15, 0.2) is 11.5 Å². The van der Waals surface area contributed by atoms with Crippen LogP contribution in [0.3, 0.4) is 0 Å². The molecule has 1 fully saturated rings. The Hall–Kier alpha value is -2.60. The van der Waals surface area contributed by atoms with E-state index >= 15 is 0 Å². The summed E-state index contributed by atoms with van der Waals surface area (Å²) in [4.78, 5) is 1.51. The average Bonchev–Trinajstić information content (AvgIpc) is 3.17. The van der Waals surface area contributed by atoms with E-state index in [1.54, 1.807) is 7.11 Å². The van der Waals surface area contributed by atoms with E-state index < -0.39 is 5.72 Å². The Morgan fingerprint density at radius 2 is 1.93 bits per heavy atom. The third-order valence-electron chi connectivity index (χ3n) is 6.27. The molecule has 146 valence electrons. The van der Waals surface area contributed by atoms with Gasteiger partial charge in [-0.15, -0.1) is 0 Å². The van der Waals surface area contributed by atoms with Gasteiger partial charge in [-0.05, 0) is 23.8 Å². The van der Waals surface area contributed by atoms with Crippen LogP contribution in [-0.4, -0.2) is 43.7 Å². The van der Waals surface area contributed by atoms with Crippen LogP contribution >= 0.6 is 0 Å². The number of hydrogen-bond donors (Lipinski definition) is 1. The van der Waals surface area contributed by atoms with Gasteiger partial charge in [0.25, 0.3) is 0 Å². The summed E-state index contributed by atoms with van der Waals surface area (Å²) in [5, 5.41) is 7.20. The first kappa shape index (κ1) is 17.5. The van der Waals surface area contributed by atoms with Crippen molar-refractivity contribution in [2.24, 2.45) is 5.10 Å². The monoisotopic (exact) mass is 382 g/mol. The summed E-state index contributed by atoms with van der Waals surface area (Å²) in [5.74, 6) is 1.40. The lowest BCUT2D eigenvalue weighted by atomic mass is 9.90. The predicted octanol–water partition coefficient (Wildman–Crippen LogP) is 2.38. The van der Waals surface area contributed by atoms with Crippen LogP contribution in [-0.2, 0) is 0 Å². The Morgan fingerprint density at radius 3 is 2.64 bits per heavy atom. The first-order valence-electron chi connectivity index (χ1n) is 9.90. The number of fused-ring (bicyclic) bond motifs is 4. The maximum absolute atomic E-state index is 13.4. The summed E-state index contributed by atoms with van der Waals surface area (Å²) in [6, 6.07) is 12.8. The number of methoxy groups -OCH3 is 1. The number of para-hydroxylation sites is 1. The Labute approximate surface area is 164 Å². The third kappa shape index (κ3) is 2.66. The lowest BCUT2D eigenvalue weighted by molar-refractivity contribution is -0.888. The second kappa shape index (κ2) is 6.48. The highest BCUT2D eigenvalue weighted by atomic mass is 19.1. The minimum absolute atomic E-state index is 0.109. The van der Waals surface area contributed by atoms with Gasteiger partial charge in [0, 0.05) is 12.0 Å². The highest BCUT2D eigenvalue weighted by Crippen LogP contribution is 2.52. The summed E-state index contributed by atoms with van der Waals surface area (Å²) in [5.41, 5.74) is 2.61. The number of rotatable bonds is 2. The van der Waals surface area contributed by atoms with Crippen LogP contribution in [0.15, 0.2) is 47.6 Å². The van der Waals surface area contributed by atoms with Crippen LogP contribution in [0.5, 0.6) is 11.5 Å². The molecule has 0 aromatic heterocycles. The zero-order valence-corrected chi connectivity index (χ0v) is 16.2. The number of benzene rings is 2. The predicted molar refractivity (Wildman–Crippen MR) is 104 cm³/mol. The van der Waals surface area contributed by atoms with Gasteiger partial charge in [-0.25, -0.2) is 9.40 Å². The third-order valence-corrected chi connectivity index (χ3v) is 6.27. The fourth-order valence-corrected chi connectivity index (χ4v) is 4.65. The fraction of sp³-hybridized carbons (Fsp3) is 0.409. The quantitative estimate of drug-likeness (QED) is 0.867. The van der Waals surface area contributed by atoms with Crippen molar-refractivity contribution in [1.29, 1.82) is 0 Å². The molecule has 2 aromatic rings. The summed E-state index contributed by atoms with van der Waals surface area (Å²) >= 11 is 0. The number of hydrogen-bond acceptors (Lipinski definition) is 4. The van der Waals surface area contributed by atoms with Crippen LogP contribution in [0.1, 0.15) is 36.4 Å². The topological polar surface area (TPSA) is 38.5 Å². The Kier molecular flexibility index (Phi) is 4.05. The second-order valence-corrected chi connectivity index (χ2v) is 8.00. The molecule has 0 saturated carbocycles. The van der Waals surface area contributed by atoms with E-state index in [4.69, 9.17) is 14.6 Å². The van der Waals surface area contributed by atoms with Crippen molar-refractivity contribution in [3.63, 3.8) is 0 Å². The van der Waals surface area contributed by atoms with Crippen LogP contribution in [0, 0.1) is 5.82 Å². The van der Waals surface area contributed by atoms with Gasteiger partial charge in [0.2, 0.25) is 5.72 Å². The van der Waals surface area contributed by atoms with Crippen molar-refractivity contribution in [3.05, 3.63) is 59.4 Å². The van der Waals surface area contributed by atoms with Crippen molar-refractivity contribution in [2.45, 2.75) is 31.0 Å². The molecule has 1 saturated heterocycles. The average molecular weight is 382 g/mol. The first-order valence-corrected chi connectivity index (χ1v) is 9.90. The van der Waals surface area contributed by atoms with Crippen LogP contribution in [0.4, 0.5) is 4.39 Å². The van der Waals surface area contributed by atoms with Crippen molar-refractivity contribution in [3.8, 4) is 11.5 Å². The van der Waals surface area contributed by atoms with Gasteiger partial charge in [0.05, 0.1) is 51.8 Å². The molecule has 1 spiro atoms. The number of halogens is 1. The Morgan fingerprint density at radius 1 is 1.18 bits per heavy atom. The first-order chi connectivity index (χ1) is 13.6. The van der Waals surface area contributed by atoms with Crippen molar-refractivity contribution < 1.29 is 18.8 Å². The van der Waals surface area contributed by atoms with E-state index in [1.165, 1.54) is 17.0 Å². The van der Waals surface area contributed by atoms with Gasteiger partial charge in [-0.2, -0.15) is 5.10 Å². The summed E-state index contributed by atoms with van der Waals surface area (Å²) in [6.45, 7) is 2.07. The van der Waals surface area contributed by atoms with Gasteiger partial charge in [-0.1, -0.05) is 24.3 Å². The summed E-state index contributed by atoms with van der Waals surface area (Å²) in [6.07, 6.45) is 2.60. The van der Waals surface area contributed by atoms with E-state index in [0.717, 1.165) is 60.7 Å². The number of nitrogens with one attached hydrogen (secondary N) is 1. The molecule has 2 aromatic carbocycles. The summed E-state index contributed by atoms with van der Waals surface area (Å²) < 4.78 is 25.7. The molecule has 3 aliphatic heterocycles. The minimum atomic E-state index is -0.451. The molecular weight excluding hydrogens is 357 g/mol. The lowest BCUT2D eigenvalue weighted by Gasteiger charge is -2.49. The van der Waals surface area contributed by atoms with Gasteiger partial charge >= 0.3 is 0 Å². The lowest BCUT2D eigenvalue weighted by Crippen LogP contribution is -3.11. The Bertz CT molecular complexity index is 920. The smallest absolute Gasteiger partial charge is 0.209 e. The molecule has 0 unspecified atom stereocenters. The highest BCUT2D eigenvalue weighted by Gasteiger charge is 2.53. The van der Waals surface area contributed by atoms with E-state index in [9.17, 15) is 4.39 Å². The van der Waals surface area contributed by atoms with Gasteiger partial charge in [0.1, 0.15) is 5.82 Å². The van der Waals surface area contributed by atoms with Crippen molar-refractivity contribution in [2.75, 3.05) is 27.2 Å². The van der Waals surface area contributed by atoms with E-state index in [0.29, 0.717) is 0 Å². The molecule has 3 heterocycles. The van der Waals surface area contributed by atoms with E-state index in [2.05, 4.69) is 18.1 Å². The summed E-state index contributed by atoms with van der Waals surface area (Å²) in [7, 11) is 3.91. The zero-order valence-electron chi connectivity index (χ0n) is 16.2. The maximum Gasteiger partial charge on any atom is 0.209 e. The largest absolute Gasteiger partial charge is 0.493 e. The molecule has 6 heteroatoms. The molecule has 0 bridgehead atoms. The maximum atomic E-state index is 13.4. The van der Waals surface area contributed by atoms with E-state index in [-0.39, 0.29) is 11.9 Å². The van der Waals surface area contributed by atoms with Crippen LogP contribution in [0.25, 0.3) is 0 Å².